The molecule has 1 aromatic rings. The summed E-state index contributed by atoms with van der Waals surface area (Å²) in [7, 11) is 0. The molecule has 0 saturated carbocycles. The monoisotopic (exact) mass is 336 g/mol. The molecule has 0 aromatic heterocycles. The largest absolute Gasteiger partial charge is 0.334 e. The van der Waals surface area contributed by atoms with Gasteiger partial charge in [-0.3, -0.25) is 4.79 Å². The number of benzene rings is 1. The molecule has 2 heterocycles. The number of nitrogens with zero attached hydrogens (tertiary/aromatic N) is 1. The van der Waals surface area contributed by atoms with Gasteiger partial charge in [0.15, 0.2) is 0 Å². The fourth-order valence-electron chi connectivity index (χ4n) is 3.24. The quantitative estimate of drug-likeness (QED) is 0.919. The Kier molecular flexibility index (Phi) is 5.37. The molecule has 3 rings (SSSR count). The summed E-state index contributed by atoms with van der Waals surface area (Å²) in [5.41, 5.74) is 8.00. The zero-order chi connectivity index (χ0) is 15.5. The van der Waals surface area contributed by atoms with E-state index in [4.69, 9.17) is 5.73 Å². The van der Waals surface area contributed by atoms with Crippen LogP contribution in [-0.2, 0) is 0 Å². The Balaban J connectivity index is 1.71. The first-order valence-electron chi connectivity index (χ1n) is 8.03. The number of rotatable bonds is 3. The normalized spacial score (nSPS) is 26.4. The summed E-state index contributed by atoms with van der Waals surface area (Å²) in [6.45, 7) is 3.64. The van der Waals surface area contributed by atoms with Crippen molar-refractivity contribution in [2.45, 2.75) is 30.4 Å². The summed E-state index contributed by atoms with van der Waals surface area (Å²) < 4.78 is 0.539. The van der Waals surface area contributed by atoms with Crippen LogP contribution in [0.3, 0.4) is 0 Å². The summed E-state index contributed by atoms with van der Waals surface area (Å²) >= 11 is 3.99. The molecule has 0 bridgehead atoms. The Bertz CT molecular complexity index is 514. The number of piperidine rings is 1. The highest BCUT2D eigenvalue weighted by molar-refractivity contribution is 8.19. The van der Waals surface area contributed by atoms with Crippen LogP contribution in [0.5, 0.6) is 0 Å². The lowest BCUT2D eigenvalue weighted by molar-refractivity contribution is 0.0573. The standard InChI is InChI=1S/C17H24N2OS2/c1-12-6-7-19(15(10-12)11-18)16(20)13-2-4-14(5-3-13)17-21-8-9-22-17/h2-5,12,15,17H,6-11,18H2,1H3. The van der Waals surface area contributed by atoms with Gasteiger partial charge in [-0.25, -0.2) is 0 Å². The molecule has 120 valence electrons. The molecule has 1 aromatic carbocycles. The molecule has 2 saturated heterocycles. The van der Waals surface area contributed by atoms with Crippen LogP contribution in [-0.4, -0.2) is 41.4 Å². The highest BCUT2D eigenvalue weighted by atomic mass is 32.2. The number of likely N-dealkylation sites (tertiary alicyclic amines) is 1. The molecule has 2 fully saturated rings. The number of nitrogens with two attached hydrogens (primary N) is 1. The molecule has 0 radical (unpaired) electrons. The number of carbonyl (C=O) groups excluding carboxylic acids is 1. The summed E-state index contributed by atoms with van der Waals surface area (Å²) in [6, 6.07) is 8.41. The van der Waals surface area contributed by atoms with Crippen molar-refractivity contribution in [3.63, 3.8) is 0 Å². The first-order chi connectivity index (χ1) is 10.7. The van der Waals surface area contributed by atoms with Gasteiger partial charge >= 0.3 is 0 Å². The van der Waals surface area contributed by atoms with Gasteiger partial charge < -0.3 is 10.6 Å². The van der Waals surface area contributed by atoms with Crippen molar-refractivity contribution in [3.05, 3.63) is 35.4 Å². The average molecular weight is 337 g/mol. The minimum absolute atomic E-state index is 0.139. The maximum absolute atomic E-state index is 12.8. The molecule has 3 nitrogen and oxygen atoms in total. The van der Waals surface area contributed by atoms with Gasteiger partial charge in [0.25, 0.3) is 5.91 Å². The Morgan fingerprint density at radius 2 is 1.95 bits per heavy atom. The fraction of sp³-hybridized carbons (Fsp3) is 0.588. The van der Waals surface area contributed by atoms with Gasteiger partial charge in [0.05, 0.1) is 4.58 Å². The van der Waals surface area contributed by atoms with Crippen LogP contribution in [0.15, 0.2) is 24.3 Å². The maximum Gasteiger partial charge on any atom is 0.254 e. The smallest absolute Gasteiger partial charge is 0.254 e. The minimum atomic E-state index is 0.139. The SMILES string of the molecule is CC1CCN(C(=O)c2ccc(C3SCCS3)cc2)C(CN)C1. The molecule has 2 aliphatic rings. The molecule has 1 amide bonds. The first kappa shape index (κ1) is 16.2. The van der Waals surface area contributed by atoms with E-state index in [1.165, 1.54) is 17.1 Å². The van der Waals surface area contributed by atoms with Crippen molar-refractivity contribution in [2.24, 2.45) is 11.7 Å². The Labute approximate surface area is 141 Å². The average Bonchev–Trinajstić information content (AvgIpc) is 3.08. The lowest BCUT2D eigenvalue weighted by atomic mass is 9.92. The van der Waals surface area contributed by atoms with Crippen LogP contribution in [0.4, 0.5) is 0 Å². The number of amides is 1. The molecule has 2 unspecified atom stereocenters. The second-order valence-electron chi connectivity index (χ2n) is 6.21. The van der Waals surface area contributed by atoms with Gasteiger partial charge in [-0.2, -0.15) is 0 Å². The topological polar surface area (TPSA) is 46.3 Å². The Hall–Kier alpha value is -0.650. The van der Waals surface area contributed by atoms with Crippen LogP contribution >= 0.6 is 23.5 Å². The zero-order valence-electron chi connectivity index (χ0n) is 13.0. The van der Waals surface area contributed by atoms with Gasteiger partial charge in [-0.15, -0.1) is 23.5 Å². The van der Waals surface area contributed by atoms with Gasteiger partial charge in [-0.1, -0.05) is 19.1 Å². The van der Waals surface area contributed by atoms with Crippen molar-refractivity contribution in [2.75, 3.05) is 24.6 Å². The third-order valence-corrected chi connectivity index (χ3v) is 7.67. The van der Waals surface area contributed by atoms with Crippen LogP contribution in [0, 0.1) is 5.92 Å². The van der Waals surface area contributed by atoms with Crippen molar-refractivity contribution in [1.82, 2.24) is 4.90 Å². The summed E-state index contributed by atoms with van der Waals surface area (Å²) in [5.74, 6) is 3.25. The Morgan fingerprint density at radius 3 is 2.59 bits per heavy atom. The molecular weight excluding hydrogens is 312 g/mol. The van der Waals surface area contributed by atoms with Crippen LogP contribution in [0.1, 0.15) is 40.3 Å². The molecule has 2 N–H and O–H groups in total. The van der Waals surface area contributed by atoms with E-state index in [-0.39, 0.29) is 11.9 Å². The van der Waals surface area contributed by atoms with Gasteiger partial charge in [0, 0.05) is 36.2 Å². The highest BCUT2D eigenvalue weighted by Gasteiger charge is 2.29. The third kappa shape index (κ3) is 3.47. The molecule has 22 heavy (non-hydrogen) atoms. The molecular formula is C17H24N2OS2. The lowest BCUT2D eigenvalue weighted by Crippen LogP contribution is -2.49. The fourth-order valence-corrected chi connectivity index (χ4v) is 6.10. The van der Waals surface area contributed by atoms with Gasteiger partial charge in [-0.05, 0) is 36.5 Å². The molecule has 0 aliphatic carbocycles. The van der Waals surface area contributed by atoms with Crippen molar-refractivity contribution >= 4 is 29.4 Å². The zero-order valence-corrected chi connectivity index (χ0v) is 14.7. The van der Waals surface area contributed by atoms with E-state index in [1.54, 1.807) is 0 Å². The van der Waals surface area contributed by atoms with Crippen molar-refractivity contribution in [1.29, 1.82) is 0 Å². The third-order valence-electron chi connectivity index (χ3n) is 4.56. The predicted molar refractivity (Wildman–Crippen MR) is 96.4 cm³/mol. The summed E-state index contributed by atoms with van der Waals surface area (Å²) in [5, 5.41) is 0. The molecule has 2 aliphatic heterocycles. The van der Waals surface area contributed by atoms with Crippen molar-refractivity contribution < 1.29 is 4.79 Å². The second-order valence-corrected chi connectivity index (χ2v) is 8.94. The van der Waals surface area contributed by atoms with E-state index >= 15 is 0 Å². The number of hydrogen-bond donors (Lipinski definition) is 1. The first-order valence-corrected chi connectivity index (χ1v) is 10.1. The molecule has 0 spiro atoms. The van der Waals surface area contributed by atoms with Gasteiger partial charge in [0.1, 0.15) is 0 Å². The number of hydrogen-bond acceptors (Lipinski definition) is 4. The van der Waals surface area contributed by atoms with E-state index in [9.17, 15) is 4.79 Å². The predicted octanol–water partition coefficient (Wildman–Crippen LogP) is 3.36. The van der Waals surface area contributed by atoms with Crippen LogP contribution in [0.25, 0.3) is 0 Å². The van der Waals surface area contributed by atoms with E-state index < -0.39 is 0 Å². The van der Waals surface area contributed by atoms with E-state index in [0.717, 1.165) is 24.9 Å². The van der Waals surface area contributed by atoms with E-state index in [2.05, 4.69) is 19.1 Å². The minimum Gasteiger partial charge on any atom is -0.334 e. The second kappa shape index (κ2) is 7.28. The highest BCUT2D eigenvalue weighted by Crippen LogP contribution is 2.45. The van der Waals surface area contributed by atoms with E-state index in [1.807, 2.05) is 40.6 Å². The van der Waals surface area contributed by atoms with Crippen molar-refractivity contribution in [3.8, 4) is 0 Å². The maximum atomic E-state index is 12.8. The Morgan fingerprint density at radius 1 is 1.27 bits per heavy atom. The molecule has 5 heteroatoms. The lowest BCUT2D eigenvalue weighted by Gasteiger charge is -2.38. The van der Waals surface area contributed by atoms with Crippen LogP contribution in [0.2, 0.25) is 0 Å². The van der Waals surface area contributed by atoms with Crippen LogP contribution < -0.4 is 5.73 Å². The number of thioether (sulfide) groups is 2. The van der Waals surface area contributed by atoms with Gasteiger partial charge in [0.2, 0.25) is 0 Å². The van der Waals surface area contributed by atoms with E-state index in [0.29, 0.717) is 17.0 Å². The summed E-state index contributed by atoms with van der Waals surface area (Å²) in [6.07, 6.45) is 2.10. The number of carbonyl (C=O) groups is 1. The molecule has 2 atom stereocenters. The summed E-state index contributed by atoms with van der Waals surface area (Å²) in [4.78, 5) is 14.7.